The highest BCUT2D eigenvalue weighted by Gasteiger charge is 2.58. The molecule has 0 saturated heterocycles. The Morgan fingerprint density at radius 1 is 1.09 bits per heavy atom. The maximum absolute atomic E-state index is 12.2. The monoisotopic (exact) mass is 448 g/mol. The van der Waals surface area contributed by atoms with E-state index in [-0.39, 0.29) is 11.2 Å². The second kappa shape index (κ2) is 9.31. The minimum absolute atomic E-state index is 0.109. The number of fused-ring (bicyclic) bond motifs is 4. The van der Waals surface area contributed by atoms with Crippen molar-refractivity contribution in [3.05, 3.63) is 58.2 Å². The summed E-state index contributed by atoms with van der Waals surface area (Å²) in [6.45, 7) is 4.42. The van der Waals surface area contributed by atoms with Crippen LogP contribution in [0.5, 0.6) is 0 Å². The first-order valence-corrected chi connectivity index (χ1v) is 12.7. The third-order valence-electron chi connectivity index (χ3n) is 9.05. The lowest BCUT2D eigenvalue weighted by molar-refractivity contribution is -0.114. The summed E-state index contributed by atoms with van der Waals surface area (Å²) >= 11 is 0. The fourth-order valence-electron chi connectivity index (χ4n) is 7.73. The van der Waals surface area contributed by atoms with Crippen molar-refractivity contribution >= 4 is 12.1 Å². The molecule has 2 fully saturated rings. The Bertz CT molecular complexity index is 972. The van der Waals surface area contributed by atoms with E-state index >= 15 is 0 Å². The van der Waals surface area contributed by atoms with Crippen molar-refractivity contribution in [2.75, 3.05) is 26.9 Å². The summed E-state index contributed by atoms with van der Waals surface area (Å²) in [7, 11) is 1.85. The van der Waals surface area contributed by atoms with Gasteiger partial charge in [-0.3, -0.25) is 9.59 Å². The van der Waals surface area contributed by atoms with Gasteiger partial charge in [0.05, 0.1) is 6.61 Å². The Kier molecular flexibility index (Phi) is 6.41. The molecule has 2 saturated carbocycles. The van der Waals surface area contributed by atoms with E-state index in [1.807, 2.05) is 25.3 Å². The number of rotatable bonds is 7. The predicted molar refractivity (Wildman–Crippen MR) is 128 cm³/mol. The van der Waals surface area contributed by atoms with E-state index in [1.54, 1.807) is 5.57 Å². The van der Waals surface area contributed by atoms with Crippen molar-refractivity contribution in [2.45, 2.75) is 57.8 Å². The zero-order chi connectivity index (χ0) is 23.0. The highest BCUT2D eigenvalue weighted by molar-refractivity contribution is 5.93. The lowest BCUT2D eigenvalue weighted by Crippen LogP contribution is -2.48. The summed E-state index contributed by atoms with van der Waals surface area (Å²) in [4.78, 5) is 23.5. The topological polar surface area (TPSA) is 52.6 Å². The van der Waals surface area contributed by atoms with Gasteiger partial charge in [-0.15, -0.1) is 0 Å². The molecule has 4 heteroatoms. The third-order valence-corrected chi connectivity index (χ3v) is 9.05. The van der Waals surface area contributed by atoms with Crippen LogP contribution in [0, 0.1) is 23.2 Å². The average Bonchev–Trinajstić information content (AvgIpc) is 3.20. The molecule has 4 aliphatic rings. The first-order chi connectivity index (χ1) is 16.1. The molecule has 0 radical (unpaired) electrons. The molecule has 0 N–H and O–H groups in total. The van der Waals surface area contributed by atoms with E-state index < -0.39 is 0 Å². The van der Waals surface area contributed by atoms with Crippen molar-refractivity contribution in [2.24, 2.45) is 23.2 Å². The second-order valence-corrected chi connectivity index (χ2v) is 10.5. The fraction of sp³-hybridized carbons (Fsp3) is 0.586. The Balaban J connectivity index is 1.64. The Morgan fingerprint density at radius 3 is 2.64 bits per heavy atom. The summed E-state index contributed by atoms with van der Waals surface area (Å²) in [6.07, 6.45) is 9.99. The van der Waals surface area contributed by atoms with Crippen molar-refractivity contribution in [1.82, 2.24) is 0 Å². The zero-order valence-corrected chi connectivity index (χ0v) is 20.0. The summed E-state index contributed by atoms with van der Waals surface area (Å²) < 4.78 is 11.9. The summed E-state index contributed by atoms with van der Waals surface area (Å²) in [5.74, 6) is 2.24. The lowest BCUT2D eigenvalue weighted by atomic mass is 9.51. The number of allylic oxidation sites excluding steroid dienone is 4. The highest BCUT2D eigenvalue weighted by atomic mass is 16.5. The normalized spacial score (nSPS) is 33.3. The molecule has 4 aliphatic carbocycles. The fourth-order valence-corrected chi connectivity index (χ4v) is 7.73. The molecule has 33 heavy (non-hydrogen) atoms. The van der Waals surface area contributed by atoms with Crippen LogP contribution in [0.1, 0.15) is 73.7 Å². The molecular formula is C29H36O4. The van der Waals surface area contributed by atoms with Gasteiger partial charge in [0.2, 0.25) is 0 Å². The molecule has 0 unspecified atom stereocenters. The number of hydrogen-bond acceptors (Lipinski definition) is 4. The van der Waals surface area contributed by atoms with Gasteiger partial charge in [-0.25, -0.2) is 0 Å². The van der Waals surface area contributed by atoms with Gasteiger partial charge in [0, 0.05) is 43.6 Å². The quantitative estimate of drug-likeness (QED) is 0.504. The number of benzene rings is 1. The van der Waals surface area contributed by atoms with E-state index in [0.717, 1.165) is 57.4 Å². The number of hydrogen-bond donors (Lipinski definition) is 0. The van der Waals surface area contributed by atoms with Gasteiger partial charge in [-0.2, -0.15) is 0 Å². The van der Waals surface area contributed by atoms with Gasteiger partial charge in [-0.1, -0.05) is 29.8 Å². The lowest BCUT2D eigenvalue weighted by Gasteiger charge is -2.54. The zero-order valence-electron chi connectivity index (χ0n) is 20.0. The molecular weight excluding hydrogens is 412 g/mol. The van der Waals surface area contributed by atoms with Crippen LogP contribution in [0.15, 0.2) is 47.1 Å². The van der Waals surface area contributed by atoms with E-state index in [2.05, 4.69) is 19.1 Å². The molecule has 0 aliphatic heterocycles. The van der Waals surface area contributed by atoms with Crippen LogP contribution < -0.4 is 0 Å². The number of aldehydes is 1. The first-order valence-electron chi connectivity index (χ1n) is 12.7. The van der Waals surface area contributed by atoms with Crippen LogP contribution in [0.2, 0.25) is 0 Å². The van der Waals surface area contributed by atoms with E-state index in [9.17, 15) is 9.59 Å². The van der Waals surface area contributed by atoms with Crippen molar-refractivity contribution in [1.29, 1.82) is 0 Å². The minimum atomic E-state index is 0.109. The second-order valence-electron chi connectivity index (χ2n) is 10.5. The minimum Gasteiger partial charge on any atom is -0.384 e. The number of carbonyl (C=O) groups is 2. The molecule has 1 aromatic carbocycles. The van der Waals surface area contributed by atoms with Crippen LogP contribution in [0.4, 0.5) is 0 Å². The maximum atomic E-state index is 12.2. The number of methoxy groups -OCH3 is 1. The van der Waals surface area contributed by atoms with Gasteiger partial charge in [-0.05, 0) is 86.0 Å². The van der Waals surface area contributed by atoms with Crippen molar-refractivity contribution in [3.63, 3.8) is 0 Å². The van der Waals surface area contributed by atoms with Gasteiger partial charge < -0.3 is 9.47 Å². The standard InChI is InChI=1S/C29H36O4/c1-3-33-17-22-9-13-27-25-11-8-21-14-23(31)10-12-24(21)28(25)26(15-29(22,27)18-32-2)20-6-4-19(16-30)5-7-20/h4-7,14,16,22,25-27H,3,8-13,15,17-18H2,1-2H3/t22-,25-,26+,27-,29-/m0/s1. The molecule has 5 rings (SSSR count). The molecule has 0 bridgehead atoms. The van der Waals surface area contributed by atoms with Crippen molar-refractivity contribution < 1.29 is 19.1 Å². The Morgan fingerprint density at radius 2 is 1.91 bits per heavy atom. The van der Waals surface area contributed by atoms with Gasteiger partial charge in [0.1, 0.15) is 6.29 Å². The molecule has 176 valence electrons. The first kappa shape index (κ1) is 22.7. The third kappa shape index (κ3) is 3.85. The largest absolute Gasteiger partial charge is 0.384 e. The molecule has 1 aromatic rings. The van der Waals surface area contributed by atoms with Gasteiger partial charge in [0.15, 0.2) is 5.78 Å². The van der Waals surface area contributed by atoms with Crippen LogP contribution in [0.25, 0.3) is 0 Å². The van der Waals surface area contributed by atoms with Gasteiger partial charge >= 0.3 is 0 Å². The Labute approximate surface area is 197 Å². The van der Waals surface area contributed by atoms with E-state index in [0.29, 0.717) is 30.1 Å². The van der Waals surface area contributed by atoms with Crippen LogP contribution in [0.3, 0.4) is 0 Å². The molecule has 4 nitrogen and oxygen atoms in total. The number of ether oxygens (including phenoxy) is 2. The average molecular weight is 449 g/mol. The van der Waals surface area contributed by atoms with Crippen molar-refractivity contribution in [3.8, 4) is 0 Å². The van der Waals surface area contributed by atoms with Crippen LogP contribution in [-0.4, -0.2) is 39.0 Å². The smallest absolute Gasteiger partial charge is 0.156 e. The highest BCUT2D eigenvalue weighted by Crippen LogP contribution is 2.65. The van der Waals surface area contributed by atoms with E-state index in [4.69, 9.17) is 9.47 Å². The number of ketones is 1. The molecule has 0 amide bonds. The maximum Gasteiger partial charge on any atom is 0.156 e. The van der Waals surface area contributed by atoms with Crippen LogP contribution >= 0.6 is 0 Å². The molecule has 0 heterocycles. The van der Waals surface area contributed by atoms with E-state index in [1.165, 1.54) is 29.6 Å². The summed E-state index contributed by atoms with van der Waals surface area (Å²) in [5, 5.41) is 0. The Hall–Kier alpha value is -2.04. The number of carbonyl (C=O) groups excluding carboxylic acids is 2. The predicted octanol–water partition coefficient (Wildman–Crippen LogP) is 5.68. The summed E-state index contributed by atoms with van der Waals surface area (Å²) in [6, 6.07) is 8.21. The van der Waals surface area contributed by atoms with Crippen LogP contribution in [-0.2, 0) is 14.3 Å². The van der Waals surface area contributed by atoms with Gasteiger partial charge in [0.25, 0.3) is 0 Å². The SMILES string of the molecule is CCOC[C@@H]1CC[C@H]2[C@@H]3CCC4=CC(=O)CCC4=C3[C@@H](c3ccc(C=O)cc3)C[C@]12COC. The molecule has 0 spiro atoms. The molecule has 0 aromatic heterocycles. The molecule has 5 atom stereocenters. The summed E-state index contributed by atoms with van der Waals surface area (Å²) in [5.41, 5.74) is 6.47.